The minimum absolute atomic E-state index is 0.0940. The summed E-state index contributed by atoms with van der Waals surface area (Å²) in [6.45, 7) is 1.37. The molecule has 2 heterocycles. The van der Waals surface area contributed by atoms with Crippen LogP contribution in [0.25, 0.3) is 0 Å². The van der Waals surface area contributed by atoms with Gasteiger partial charge in [0.2, 0.25) is 0 Å². The highest BCUT2D eigenvalue weighted by atomic mass is 32.2. The molecule has 11 nitrogen and oxygen atoms in total. The summed E-state index contributed by atoms with van der Waals surface area (Å²) in [4.78, 5) is 25.5. The topological polar surface area (TPSA) is 143 Å². The van der Waals surface area contributed by atoms with Crippen LogP contribution in [0.4, 0.5) is 13.2 Å². The third-order valence-electron chi connectivity index (χ3n) is 4.13. The monoisotopic (exact) mass is 466 g/mol. The van der Waals surface area contributed by atoms with E-state index in [1.807, 2.05) is 4.98 Å². The van der Waals surface area contributed by atoms with E-state index < -0.39 is 65.5 Å². The molecule has 1 aliphatic rings. The zero-order valence-electron chi connectivity index (χ0n) is 15.3. The summed E-state index contributed by atoms with van der Waals surface area (Å²) >= 11 is 0. The zero-order chi connectivity index (χ0) is 22.2. The summed E-state index contributed by atoms with van der Waals surface area (Å²) in [5.41, 5.74) is -7.23. The van der Waals surface area contributed by atoms with Gasteiger partial charge in [-0.3, -0.25) is 23.1 Å². The molecule has 0 unspecified atom stereocenters. The van der Waals surface area contributed by atoms with Crippen LogP contribution in [-0.2, 0) is 32.7 Å². The lowest BCUT2D eigenvalue weighted by Gasteiger charge is -2.22. The van der Waals surface area contributed by atoms with Crippen LogP contribution in [0.3, 0.4) is 0 Å². The Hall–Kier alpha value is -1.51. The van der Waals surface area contributed by atoms with E-state index in [9.17, 15) is 35.7 Å². The summed E-state index contributed by atoms with van der Waals surface area (Å²) in [5, 5.41) is 0. The van der Waals surface area contributed by atoms with Crippen LogP contribution in [0.15, 0.2) is 15.8 Å². The molecular weight excluding hydrogens is 448 g/mol. The highest BCUT2D eigenvalue weighted by Gasteiger charge is 2.52. The molecule has 2 rings (SSSR count). The number of hydrogen-bond donors (Lipinski definition) is 1. The number of nitrogens with one attached hydrogen (secondary N) is 1. The van der Waals surface area contributed by atoms with E-state index in [1.54, 1.807) is 0 Å². The predicted octanol–water partition coefficient (Wildman–Crippen LogP) is 0.853. The van der Waals surface area contributed by atoms with Crippen molar-refractivity contribution in [3.63, 3.8) is 0 Å². The fraction of sp³-hybridized carbons (Fsp3) is 0.692. The SMILES string of the molecule is COP(=O)(C[C@H]1O[C@@H](n2cc(C)c(=O)[nH]c2=O)C[C@H]1OS(=O)(=O)C(F)(F)F)OC. The first-order valence-electron chi connectivity index (χ1n) is 7.90. The molecular formula is C13H18F3N2O9PS. The molecule has 0 aromatic carbocycles. The number of ether oxygens (including phenoxy) is 1. The maximum absolute atomic E-state index is 12.7. The summed E-state index contributed by atoms with van der Waals surface area (Å²) in [6.07, 6.45) is -4.65. The Balaban J connectivity index is 2.41. The molecule has 0 spiro atoms. The van der Waals surface area contributed by atoms with Gasteiger partial charge in [0.25, 0.3) is 5.56 Å². The number of aromatic nitrogens is 2. The van der Waals surface area contributed by atoms with E-state index in [-0.39, 0.29) is 5.56 Å². The van der Waals surface area contributed by atoms with Gasteiger partial charge in [-0.25, -0.2) is 4.79 Å². The van der Waals surface area contributed by atoms with Crippen molar-refractivity contribution in [3.05, 3.63) is 32.6 Å². The van der Waals surface area contributed by atoms with Crippen LogP contribution in [0.1, 0.15) is 18.2 Å². The number of alkyl halides is 3. The average molecular weight is 466 g/mol. The molecule has 166 valence electrons. The van der Waals surface area contributed by atoms with Crippen LogP contribution in [0.2, 0.25) is 0 Å². The average Bonchev–Trinajstić information content (AvgIpc) is 2.98. The van der Waals surface area contributed by atoms with E-state index in [0.717, 1.165) is 25.0 Å². The van der Waals surface area contributed by atoms with Gasteiger partial charge in [-0.15, -0.1) is 0 Å². The van der Waals surface area contributed by atoms with Gasteiger partial charge in [-0.1, -0.05) is 0 Å². The first-order chi connectivity index (χ1) is 13.2. The second kappa shape index (κ2) is 8.32. The summed E-state index contributed by atoms with van der Waals surface area (Å²) in [5.74, 6) is 0. The van der Waals surface area contributed by atoms with E-state index >= 15 is 0 Å². The highest BCUT2D eigenvalue weighted by molar-refractivity contribution is 7.87. The van der Waals surface area contributed by atoms with Gasteiger partial charge in [0.1, 0.15) is 12.3 Å². The fourth-order valence-electron chi connectivity index (χ4n) is 2.60. The Morgan fingerprint density at radius 2 is 1.90 bits per heavy atom. The second-order valence-electron chi connectivity index (χ2n) is 6.04. The second-order valence-corrected chi connectivity index (χ2v) is 9.92. The molecule has 1 N–H and O–H groups in total. The lowest BCUT2D eigenvalue weighted by Crippen LogP contribution is -2.35. The van der Waals surface area contributed by atoms with Crippen LogP contribution in [0, 0.1) is 6.92 Å². The Bertz CT molecular complexity index is 1010. The third-order valence-corrected chi connectivity index (χ3v) is 7.12. The quantitative estimate of drug-likeness (QED) is 0.351. The molecule has 3 atom stereocenters. The highest BCUT2D eigenvalue weighted by Crippen LogP contribution is 2.50. The maximum Gasteiger partial charge on any atom is 0.523 e. The van der Waals surface area contributed by atoms with E-state index in [2.05, 4.69) is 4.18 Å². The number of aryl methyl sites for hydroxylation is 1. The molecule has 1 aromatic heterocycles. The van der Waals surface area contributed by atoms with Crippen molar-refractivity contribution < 1.29 is 44.1 Å². The van der Waals surface area contributed by atoms with Gasteiger partial charge in [0.05, 0.1) is 12.3 Å². The standard InChI is InChI=1S/C13H18F3N2O9PS/c1-7-5-18(12(20)17-11(7)19)10-4-8(27-29(22,23)13(14,15)16)9(26-10)6-28(21,24-2)25-3/h5,8-10H,4,6H2,1-3H3,(H,17,19,20)/t8-,9-,10-/m1/s1. The maximum atomic E-state index is 12.7. The van der Waals surface area contributed by atoms with E-state index in [1.165, 1.54) is 6.92 Å². The molecule has 0 radical (unpaired) electrons. The molecule has 0 aliphatic carbocycles. The summed E-state index contributed by atoms with van der Waals surface area (Å²) in [7, 11) is -7.81. The molecule has 16 heteroatoms. The Kier molecular flexibility index (Phi) is 6.82. The Morgan fingerprint density at radius 3 is 2.41 bits per heavy atom. The number of nitrogens with zero attached hydrogens (tertiary/aromatic N) is 1. The molecule has 1 aliphatic heterocycles. The van der Waals surface area contributed by atoms with Gasteiger partial charge in [-0.2, -0.15) is 21.6 Å². The van der Waals surface area contributed by atoms with Crippen molar-refractivity contribution in [3.8, 4) is 0 Å². The van der Waals surface area contributed by atoms with Crippen molar-refractivity contribution in [1.82, 2.24) is 9.55 Å². The van der Waals surface area contributed by atoms with Crippen molar-refractivity contribution in [2.75, 3.05) is 20.4 Å². The van der Waals surface area contributed by atoms with E-state index in [4.69, 9.17) is 13.8 Å². The molecule has 1 aromatic rings. The Labute approximate surface area is 162 Å². The number of halogens is 3. The van der Waals surface area contributed by atoms with Crippen LogP contribution >= 0.6 is 7.60 Å². The molecule has 0 amide bonds. The summed E-state index contributed by atoms with van der Waals surface area (Å²) < 4.78 is 93.3. The van der Waals surface area contributed by atoms with Gasteiger partial charge in [-0.05, 0) is 6.92 Å². The lowest BCUT2D eigenvalue weighted by atomic mass is 10.2. The van der Waals surface area contributed by atoms with Gasteiger partial charge in [0, 0.05) is 32.4 Å². The smallest absolute Gasteiger partial charge is 0.351 e. The fourth-order valence-corrected chi connectivity index (χ4v) is 4.44. The number of H-pyrrole nitrogens is 1. The molecule has 1 fully saturated rings. The van der Waals surface area contributed by atoms with Gasteiger partial charge in [0.15, 0.2) is 0 Å². The van der Waals surface area contributed by atoms with Crippen molar-refractivity contribution in [2.45, 2.75) is 37.3 Å². The van der Waals surface area contributed by atoms with Crippen molar-refractivity contribution in [1.29, 1.82) is 0 Å². The zero-order valence-corrected chi connectivity index (χ0v) is 17.0. The predicted molar refractivity (Wildman–Crippen MR) is 90.9 cm³/mol. The minimum atomic E-state index is -6.01. The number of aromatic amines is 1. The van der Waals surface area contributed by atoms with Crippen LogP contribution in [-0.4, -0.2) is 56.1 Å². The summed E-state index contributed by atoms with van der Waals surface area (Å²) in [6, 6.07) is 0. The van der Waals surface area contributed by atoms with Crippen molar-refractivity contribution >= 4 is 17.7 Å². The molecule has 1 saturated heterocycles. The molecule has 0 saturated carbocycles. The van der Waals surface area contributed by atoms with Crippen molar-refractivity contribution in [2.24, 2.45) is 0 Å². The normalized spacial score (nSPS) is 23.4. The van der Waals surface area contributed by atoms with Crippen LogP contribution in [0.5, 0.6) is 0 Å². The minimum Gasteiger partial charge on any atom is -0.351 e. The molecule has 0 bridgehead atoms. The Morgan fingerprint density at radius 1 is 1.31 bits per heavy atom. The third kappa shape index (κ3) is 5.16. The van der Waals surface area contributed by atoms with Gasteiger partial charge >= 0.3 is 28.9 Å². The van der Waals surface area contributed by atoms with Gasteiger partial charge < -0.3 is 13.8 Å². The van der Waals surface area contributed by atoms with E-state index in [0.29, 0.717) is 0 Å². The lowest BCUT2D eigenvalue weighted by molar-refractivity contribution is -0.0605. The number of rotatable bonds is 7. The molecule has 29 heavy (non-hydrogen) atoms. The van der Waals surface area contributed by atoms with Crippen LogP contribution < -0.4 is 11.2 Å². The largest absolute Gasteiger partial charge is 0.523 e. The first-order valence-corrected chi connectivity index (χ1v) is 11.0. The number of hydrogen-bond acceptors (Lipinski definition) is 9. The first kappa shape index (κ1) is 23.8.